The average Bonchev–Trinajstić information content (AvgIpc) is 3.05. The molecule has 2 rings (SSSR count). The number of nitrogens with zero attached hydrogens (tertiary/aromatic N) is 2. The van der Waals surface area contributed by atoms with Crippen molar-refractivity contribution in [3.8, 4) is 0 Å². The van der Waals surface area contributed by atoms with E-state index in [1.54, 1.807) is 12.1 Å². The number of hydrogen-bond acceptors (Lipinski definition) is 6. The molecule has 2 atom stereocenters. The molecule has 1 aromatic heterocycles. The van der Waals surface area contributed by atoms with Crippen molar-refractivity contribution in [3.63, 3.8) is 0 Å². The highest BCUT2D eigenvalue weighted by Crippen LogP contribution is 2.28. The second kappa shape index (κ2) is 9.21. The van der Waals surface area contributed by atoms with Crippen LogP contribution in [0.25, 0.3) is 0 Å². The molecule has 1 aromatic carbocycles. The zero-order valence-electron chi connectivity index (χ0n) is 16.3. The minimum absolute atomic E-state index is 0.0907. The van der Waals surface area contributed by atoms with Gasteiger partial charge in [-0.1, -0.05) is 44.2 Å². The molecule has 27 heavy (non-hydrogen) atoms. The lowest BCUT2D eigenvalue weighted by molar-refractivity contribution is 0.0473. The number of benzene rings is 1. The first-order valence-electron chi connectivity index (χ1n) is 8.88. The number of rotatable bonds is 7. The van der Waals surface area contributed by atoms with Gasteiger partial charge in [0, 0.05) is 5.75 Å². The molecule has 0 aliphatic carbocycles. The van der Waals surface area contributed by atoms with Crippen molar-refractivity contribution in [1.82, 2.24) is 15.5 Å². The second-order valence-corrected chi connectivity index (χ2v) is 8.26. The van der Waals surface area contributed by atoms with Crippen LogP contribution in [-0.4, -0.2) is 21.9 Å². The van der Waals surface area contributed by atoms with E-state index in [2.05, 4.69) is 15.5 Å². The van der Waals surface area contributed by atoms with Gasteiger partial charge in [0.2, 0.25) is 5.89 Å². The summed E-state index contributed by atoms with van der Waals surface area (Å²) in [5, 5.41) is 11.4. The highest BCUT2D eigenvalue weighted by atomic mass is 32.2. The molecule has 8 heteroatoms. The lowest BCUT2D eigenvalue weighted by atomic mass is 9.99. The molecule has 0 aliphatic heterocycles. The summed E-state index contributed by atoms with van der Waals surface area (Å²) in [6, 6.07) is 5.83. The smallest absolute Gasteiger partial charge is 0.408 e. The summed E-state index contributed by atoms with van der Waals surface area (Å²) in [6.45, 7) is 9.44. The molecule has 0 aliphatic rings. The summed E-state index contributed by atoms with van der Waals surface area (Å²) in [6.07, 6.45) is 0.299. The van der Waals surface area contributed by atoms with Crippen molar-refractivity contribution in [2.75, 3.05) is 0 Å². The first-order valence-corrected chi connectivity index (χ1v) is 9.86. The maximum absolute atomic E-state index is 13.0. The molecule has 0 unspecified atom stereocenters. The molecular formula is C19H26FN3O3S. The Labute approximate surface area is 163 Å². The van der Waals surface area contributed by atoms with Gasteiger partial charge in [-0.05, 0) is 44.4 Å². The van der Waals surface area contributed by atoms with E-state index in [0.717, 1.165) is 12.0 Å². The second-order valence-electron chi connectivity index (χ2n) is 7.33. The largest absolute Gasteiger partial charge is 0.444 e. The van der Waals surface area contributed by atoms with E-state index in [0.29, 0.717) is 16.9 Å². The SMILES string of the molecule is CC[C@@H](C)[C@@H](NC(=O)OC(C)(C)C)c1nnc(SCc2ccc(F)cc2)o1. The van der Waals surface area contributed by atoms with E-state index in [1.807, 2.05) is 34.6 Å². The predicted molar refractivity (Wildman–Crippen MR) is 102 cm³/mol. The molecule has 1 amide bonds. The van der Waals surface area contributed by atoms with E-state index >= 15 is 0 Å². The predicted octanol–water partition coefficient (Wildman–Crippen LogP) is 5.11. The topological polar surface area (TPSA) is 77.2 Å². The Morgan fingerprint density at radius 1 is 1.30 bits per heavy atom. The molecule has 0 bridgehead atoms. The molecule has 6 nitrogen and oxygen atoms in total. The quantitative estimate of drug-likeness (QED) is 0.656. The van der Waals surface area contributed by atoms with Crippen LogP contribution in [0.4, 0.5) is 9.18 Å². The number of alkyl carbamates (subject to hydrolysis) is 1. The van der Waals surface area contributed by atoms with Crippen molar-refractivity contribution < 1.29 is 18.3 Å². The van der Waals surface area contributed by atoms with Crippen molar-refractivity contribution in [2.45, 2.75) is 63.7 Å². The number of thioether (sulfide) groups is 1. The van der Waals surface area contributed by atoms with Crippen molar-refractivity contribution >= 4 is 17.9 Å². The van der Waals surface area contributed by atoms with Crippen molar-refractivity contribution in [2.24, 2.45) is 5.92 Å². The van der Waals surface area contributed by atoms with Crippen LogP contribution in [0.1, 0.15) is 58.5 Å². The van der Waals surface area contributed by atoms with Gasteiger partial charge in [-0.3, -0.25) is 0 Å². The maximum atomic E-state index is 13.0. The molecule has 2 aromatic rings. The number of nitrogens with one attached hydrogen (secondary N) is 1. The Kier molecular flexibility index (Phi) is 7.24. The maximum Gasteiger partial charge on any atom is 0.408 e. The van der Waals surface area contributed by atoms with Crippen LogP contribution < -0.4 is 5.32 Å². The monoisotopic (exact) mass is 395 g/mol. The number of hydrogen-bond donors (Lipinski definition) is 1. The molecule has 1 heterocycles. The van der Waals surface area contributed by atoms with Crippen molar-refractivity contribution in [1.29, 1.82) is 0 Å². The minimum atomic E-state index is -0.588. The number of amides is 1. The lowest BCUT2D eigenvalue weighted by Crippen LogP contribution is -2.37. The van der Waals surface area contributed by atoms with Gasteiger partial charge in [-0.2, -0.15) is 0 Å². The number of ether oxygens (including phenoxy) is 1. The molecule has 0 fully saturated rings. The highest BCUT2D eigenvalue weighted by Gasteiger charge is 2.28. The van der Waals surface area contributed by atoms with Crippen LogP contribution in [0.15, 0.2) is 33.9 Å². The van der Waals surface area contributed by atoms with Crippen LogP contribution in [0.3, 0.4) is 0 Å². The molecule has 0 spiro atoms. The van der Waals surface area contributed by atoms with Crippen LogP contribution in [0.5, 0.6) is 0 Å². The molecule has 0 radical (unpaired) electrons. The van der Waals surface area contributed by atoms with Gasteiger partial charge in [-0.25, -0.2) is 9.18 Å². The van der Waals surface area contributed by atoms with E-state index in [1.165, 1.54) is 23.9 Å². The number of carbonyl (C=O) groups excluding carboxylic acids is 1. The molecule has 0 saturated carbocycles. The fraction of sp³-hybridized carbons (Fsp3) is 0.526. The summed E-state index contributed by atoms with van der Waals surface area (Å²) in [7, 11) is 0. The van der Waals surface area contributed by atoms with Gasteiger partial charge < -0.3 is 14.5 Å². The Morgan fingerprint density at radius 2 is 1.96 bits per heavy atom. The third-order valence-electron chi connectivity index (χ3n) is 3.85. The summed E-state index contributed by atoms with van der Waals surface area (Å²) in [4.78, 5) is 12.1. The number of carbonyl (C=O) groups is 1. The highest BCUT2D eigenvalue weighted by molar-refractivity contribution is 7.98. The molecule has 0 saturated heterocycles. The molecule has 1 N–H and O–H groups in total. The Bertz CT molecular complexity index is 743. The van der Waals surface area contributed by atoms with E-state index in [4.69, 9.17) is 9.15 Å². The number of halogens is 1. The lowest BCUT2D eigenvalue weighted by Gasteiger charge is -2.24. The zero-order chi connectivity index (χ0) is 20.0. The van der Waals surface area contributed by atoms with Gasteiger partial charge in [0.25, 0.3) is 5.22 Å². The standard InChI is InChI=1S/C19H26FN3O3S/c1-6-12(2)15(21-17(24)26-19(3,4)5)16-22-23-18(25-16)27-11-13-7-9-14(20)10-8-13/h7-10,12,15H,6,11H2,1-5H3,(H,21,24)/t12-,15-/m1/s1. The van der Waals surface area contributed by atoms with E-state index in [9.17, 15) is 9.18 Å². The Balaban J connectivity index is 2.04. The fourth-order valence-corrected chi connectivity index (χ4v) is 2.97. The van der Waals surface area contributed by atoms with E-state index < -0.39 is 17.7 Å². The Morgan fingerprint density at radius 3 is 2.56 bits per heavy atom. The minimum Gasteiger partial charge on any atom is -0.444 e. The van der Waals surface area contributed by atoms with E-state index in [-0.39, 0.29) is 11.7 Å². The summed E-state index contributed by atoms with van der Waals surface area (Å²) >= 11 is 1.36. The van der Waals surface area contributed by atoms with Gasteiger partial charge in [0.1, 0.15) is 17.5 Å². The van der Waals surface area contributed by atoms with Crippen LogP contribution in [0.2, 0.25) is 0 Å². The number of aromatic nitrogens is 2. The third kappa shape index (κ3) is 6.86. The summed E-state index contributed by atoms with van der Waals surface area (Å²) in [5.74, 6) is 0.744. The fourth-order valence-electron chi connectivity index (χ4n) is 2.25. The molecule has 148 valence electrons. The van der Waals surface area contributed by atoms with Gasteiger partial charge >= 0.3 is 6.09 Å². The summed E-state index contributed by atoms with van der Waals surface area (Å²) < 4.78 is 24.0. The zero-order valence-corrected chi connectivity index (χ0v) is 17.1. The van der Waals surface area contributed by atoms with Crippen LogP contribution >= 0.6 is 11.8 Å². The third-order valence-corrected chi connectivity index (χ3v) is 4.74. The molecular weight excluding hydrogens is 369 g/mol. The normalized spacial score (nSPS) is 13.9. The first-order chi connectivity index (χ1) is 12.7. The van der Waals surface area contributed by atoms with Crippen LogP contribution in [0, 0.1) is 11.7 Å². The van der Waals surface area contributed by atoms with Gasteiger partial charge in [-0.15, -0.1) is 10.2 Å². The van der Waals surface area contributed by atoms with Gasteiger partial charge in [0.05, 0.1) is 0 Å². The average molecular weight is 396 g/mol. The summed E-state index contributed by atoms with van der Waals surface area (Å²) in [5.41, 5.74) is 0.362. The van der Waals surface area contributed by atoms with Gasteiger partial charge in [0.15, 0.2) is 0 Å². The Hall–Kier alpha value is -2.09. The first kappa shape index (κ1) is 21.2. The van der Waals surface area contributed by atoms with Crippen LogP contribution in [-0.2, 0) is 10.5 Å². The van der Waals surface area contributed by atoms with Crippen molar-refractivity contribution in [3.05, 3.63) is 41.5 Å².